The molecule has 4 heterocycles. The number of carbonyl (C=O) groups excluding carboxylic acids is 2. The molecule has 0 bridgehead atoms. The normalized spacial score (nSPS) is 16.6. The summed E-state index contributed by atoms with van der Waals surface area (Å²) >= 11 is 0. The Kier molecular flexibility index (Phi) is 6.78. The number of aliphatic hydroxyl groups is 1. The van der Waals surface area contributed by atoms with E-state index in [0.717, 1.165) is 29.8 Å². The summed E-state index contributed by atoms with van der Waals surface area (Å²) in [6, 6.07) is 9.27. The summed E-state index contributed by atoms with van der Waals surface area (Å²) < 4.78 is 12.9. The molecule has 1 aromatic carbocycles. The van der Waals surface area contributed by atoms with E-state index >= 15 is 0 Å². The maximum Gasteiger partial charge on any atom is 0.410 e. The highest BCUT2D eigenvalue weighted by Gasteiger charge is 2.28. The van der Waals surface area contributed by atoms with Crippen molar-refractivity contribution in [1.29, 1.82) is 0 Å². The Morgan fingerprint density at radius 2 is 2.00 bits per heavy atom. The van der Waals surface area contributed by atoms with Gasteiger partial charge in [0.15, 0.2) is 5.82 Å². The molecule has 3 aromatic rings. The van der Waals surface area contributed by atoms with Crippen LogP contribution in [0.25, 0.3) is 11.5 Å². The molecule has 2 aliphatic rings. The third kappa shape index (κ3) is 5.19. The van der Waals surface area contributed by atoms with Crippen molar-refractivity contribution in [2.75, 3.05) is 25.6 Å². The van der Waals surface area contributed by atoms with Crippen LogP contribution in [0.5, 0.6) is 5.75 Å². The zero-order valence-corrected chi connectivity index (χ0v) is 22.0. The van der Waals surface area contributed by atoms with E-state index in [1.807, 2.05) is 18.2 Å². The number of amides is 2. The van der Waals surface area contributed by atoms with Crippen LogP contribution in [0.4, 0.5) is 10.6 Å². The molecule has 0 fully saturated rings. The van der Waals surface area contributed by atoms with Crippen molar-refractivity contribution in [2.45, 2.75) is 58.2 Å². The maximum atomic E-state index is 13.3. The molecular weight excluding hydrogens is 488 g/mol. The van der Waals surface area contributed by atoms with Crippen LogP contribution in [-0.2, 0) is 24.1 Å². The number of aromatic nitrogens is 4. The molecule has 5 rings (SSSR count). The molecule has 0 spiro atoms. The molecule has 38 heavy (non-hydrogen) atoms. The number of aryl methyl sites for hydroxylation is 1. The van der Waals surface area contributed by atoms with Crippen molar-refractivity contribution in [3.63, 3.8) is 0 Å². The second kappa shape index (κ2) is 10.1. The number of methoxy groups -OCH3 is 1. The van der Waals surface area contributed by atoms with E-state index in [9.17, 15) is 14.7 Å². The molecule has 11 heteroatoms. The van der Waals surface area contributed by atoms with Gasteiger partial charge in [0.25, 0.3) is 5.91 Å². The molecule has 2 amide bonds. The number of ether oxygens (including phenoxy) is 2. The quantitative estimate of drug-likeness (QED) is 0.506. The standard InChI is InChI=1S/C27H32N6O5/c1-16-8-9-23-30-31-24(33(16)23)20-6-5-7-22(28-20)29-25(34)19-12-18-14-32(26(35)38-15-27(2,3)36)11-10-17(18)13-21(19)37-4/h5-7,12-13,16,36H,8-11,14-15H2,1-4H3,(H,28,29,34)/t16-/m1/s1. The first-order valence-corrected chi connectivity index (χ1v) is 12.7. The first-order valence-electron chi connectivity index (χ1n) is 12.7. The molecule has 0 unspecified atom stereocenters. The van der Waals surface area contributed by atoms with Gasteiger partial charge in [0.1, 0.15) is 29.7 Å². The van der Waals surface area contributed by atoms with Crippen molar-refractivity contribution in [3.05, 3.63) is 52.8 Å². The Balaban J connectivity index is 1.35. The highest BCUT2D eigenvalue weighted by molar-refractivity contribution is 6.06. The van der Waals surface area contributed by atoms with E-state index in [2.05, 4.69) is 32.0 Å². The minimum absolute atomic E-state index is 0.103. The van der Waals surface area contributed by atoms with E-state index in [1.54, 1.807) is 30.9 Å². The molecule has 0 saturated heterocycles. The smallest absolute Gasteiger partial charge is 0.410 e. The Labute approximate surface area is 220 Å². The molecule has 0 saturated carbocycles. The number of hydrogen-bond donors (Lipinski definition) is 2. The van der Waals surface area contributed by atoms with Crippen molar-refractivity contribution in [3.8, 4) is 17.3 Å². The number of benzene rings is 1. The molecular formula is C27H32N6O5. The second-order valence-electron chi connectivity index (χ2n) is 10.4. The van der Waals surface area contributed by atoms with E-state index in [-0.39, 0.29) is 19.1 Å². The zero-order valence-electron chi connectivity index (χ0n) is 22.0. The van der Waals surface area contributed by atoms with Crippen LogP contribution in [0.3, 0.4) is 0 Å². The van der Waals surface area contributed by atoms with Gasteiger partial charge in [-0.3, -0.25) is 4.79 Å². The first kappa shape index (κ1) is 25.7. The predicted molar refractivity (Wildman–Crippen MR) is 139 cm³/mol. The fourth-order valence-corrected chi connectivity index (χ4v) is 4.83. The molecule has 200 valence electrons. The van der Waals surface area contributed by atoms with Crippen LogP contribution < -0.4 is 10.1 Å². The number of nitrogens with one attached hydrogen (secondary N) is 1. The highest BCUT2D eigenvalue weighted by Crippen LogP contribution is 2.31. The molecule has 2 aromatic heterocycles. The van der Waals surface area contributed by atoms with E-state index in [4.69, 9.17) is 9.47 Å². The monoisotopic (exact) mass is 520 g/mol. The third-order valence-corrected chi connectivity index (χ3v) is 6.80. The number of pyridine rings is 1. The van der Waals surface area contributed by atoms with Gasteiger partial charge in [-0.15, -0.1) is 10.2 Å². The Morgan fingerprint density at radius 1 is 1.18 bits per heavy atom. The minimum Gasteiger partial charge on any atom is -0.496 e. The number of nitrogens with zero attached hydrogens (tertiary/aromatic N) is 5. The maximum absolute atomic E-state index is 13.3. The van der Waals surface area contributed by atoms with Crippen molar-refractivity contribution >= 4 is 17.8 Å². The SMILES string of the molecule is COc1cc2c(cc1C(=O)Nc1cccc(-c3nnc4n3[C@H](C)CC4)n1)CN(C(=O)OCC(C)(C)O)CC2. The summed E-state index contributed by atoms with van der Waals surface area (Å²) in [6.07, 6.45) is 1.99. The van der Waals surface area contributed by atoms with Crippen LogP contribution in [-0.4, -0.2) is 67.6 Å². The molecule has 2 aliphatic heterocycles. The molecule has 0 radical (unpaired) electrons. The van der Waals surface area contributed by atoms with Crippen LogP contribution in [0, 0.1) is 0 Å². The van der Waals surface area contributed by atoms with Crippen molar-refractivity contribution in [1.82, 2.24) is 24.6 Å². The largest absolute Gasteiger partial charge is 0.496 e. The van der Waals surface area contributed by atoms with Gasteiger partial charge in [-0.1, -0.05) is 6.07 Å². The molecule has 1 atom stereocenters. The predicted octanol–water partition coefficient (Wildman–Crippen LogP) is 3.37. The molecule has 0 aliphatic carbocycles. The van der Waals surface area contributed by atoms with Crippen LogP contribution >= 0.6 is 0 Å². The molecule has 11 nitrogen and oxygen atoms in total. The van der Waals surface area contributed by atoms with E-state index in [1.165, 1.54) is 7.11 Å². The van der Waals surface area contributed by atoms with Gasteiger partial charge in [0.05, 0.1) is 18.3 Å². The summed E-state index contributed by atoms with van der Waals surface area (Å²) in [5.41, 5.74) is 1.69. The van der Waals surface area contributed by atoms with Gasteiger partial charge in [-0.2, -0.15) is 0 Å². The number of fused-ring (bicyclic) bond motifs is 2. The Bertz CT molecular complexity index is 1380. The summed E-state index contributed by atoms with van der Waals surface area (Å²) in [6.45, 7) is 5.93. The fraction of sp³-hybridized carbons (Fsp3) is 0.444. The van der Waals surface area contributed by atoms with E-state index in [0.29, 0.717) is 47.7 Å². The van der Waals surface area contributed by atoms with Gasteiger partial charge in [-0.05, 0) is 69.0 Å². The summed E-state index contributed by atoms with van der Waals surface area (Å²) in [5, 5.41) is 21.3. The average molecular weight is 521 g/mol. The lowest BCUT2D eigenvalue weighted by Crippen LogP contribution is -2.39. The first-order chi connectivity index (χ1) is 18.1. The summed E-state index contributed by atoms with van der Waals surface area (Å²) in [7, 11) is 1.52. The second-order valence-corrected chi connectivity index (χ2v) is 10.4. The minimum atomic E-state index is -1.11. The lowest BCUT2D eigenvalue weighted by molar-refractivity contribution is -0.00487. The Morgan fingerprint density at radius 3 is 2.76 bits per heavy atom. The fourth-order valence-electron chi connectivity index (χ4n) is 4.83. The van der Waals surface area contributed by atoms with Crippen LogP contribution in [0.15, 0.2) is 30.3 Å². The number of anilines is 1. The van der Waals surface area contributed by atoms with Gasteiger partial charge in [0, 0.05) is 25.6 Å². The van der Waals surface area contributed by atoms with Crippen molar-refractivity contribution < 1.29 is 24.2 Å². The zero-order chi connectivity index (χ0) is 27.0. The topological polar surface area (TPSA) is 132 Å². The van der Waals surface area contributed by atoms with Gasteiger partial charge < -0.3 is 29.4 Å². The number of carbonyl (C=O) groups is 2. The third-order valence-electron chi connectivity index (χ3n) is 6.80. The van der Waals surface area contributed by atoms with Crippen molar-refractivity contribution in [2.24, 2.45) is 0 Å². The lowest BCUT2D eigenvalue weighted by Gasteiger charge is -2.30. The molecule has 2 N–H and O–H groups in total. The highest BCUT2D eigenvalue weighted by atomic mass is 16.6. The Hall–Kier alpha value is -3.99. The number of rotatable bonds is 6. The summed E-state index contributed by atoms with van der Waals surface area (Å²) in [5.74, 6) is 2.08. The lowest BCUT2D eigenvalue weighted by atomic mass is 9.96. The van der Waals surface area contributed by atoms with Crippen LogP contribution in [0.1, 0.15) is 60.5 Å². The van der Waals surface area contributed by atoms with Gasteiger partial charge >= 0.3 is 6.09 Å². The van der Waals surface area contributed by atoms with E-state index < -0.39 is 11.7 Å². The summed E-state index contributed by atoms with van der Waals surface area (Å²) in [4.78, 5) is 32.1. The van der Waals surface area contributed by atoms with Gasteiger partial charge in [0.2, 0.25) is 0 Å². The number of hydrogen-bond acceptors (Lipinski definition) is 8. The average Bonchev–Trinajstić information content (AvgIpc) is 3.48. The van der Waals surface area contributed by atoms with Crippen LogP contribution in [0.2, 0.25) is 0 Å². The van der Waals surface area contributed by atoms with Gasteiger partial charge in [-0.25, -0.2) is 9.78 Å².